The van der Waals surface area contributed by atoms with Gasteiger partial charge in [-0.25, -0.2) is 4.98 Å². The second-order valence-electron chi connectivity index (χ2n) is 4.69. The van der Waals surface area contributed by atoms with E-state index in [4.69, 9.17) is 4.42 Å². The summed E-state index contributed by atoms with van der Waals surface area (Å²) in [7, 11) is 0. The van der Waals surface area contributed by atoms with Crippen LogP contribution in [0.2, 0.25) is 0 Å². The summed E-state index contributed by atoms with van der Waals surface area (Å²) in [6, 6.07) is 0.817. The Morgan fingerprint density at radius 2 is 2.44 bits per heavy atom. The highest BCUT2D eigenvalue weighted by molar-refractivity contribution is 4.96. The summed E-state index contributed by atoms with van der Waals surface area (Å²) in [5.41, 5.74) is 0. The van der Waals surface area contributed by atoms with Gasteiger partial charge in [0.05, 0.1) is 12.2 Å². The summed E-state index contributed by atoms with van der Waals surface area (Å²) < 4.78 is 5.60. The molecule has 1 aromatic rings. The van der Waals surface area contributed by atoms with Gasteiger partial charge in [0.1, 0.15) is 5.76 Å². The monoisotopic (exact) mass is 223 g/mol. The maximum atomic E-state index is 5.60. The van der Waals surface area contributed by atoms with E-state index in [1.165, 1.54) is 6.42 Å². The third kappa shape index (κ3) is 2.62. The second-order valence-corrected chi connectivity index (χ2v) is 4.69. The van der Waals surface area contributed by atoms with Gasteiger partial charge in [0, 0.05) is 19.1 Å². The fourth-order valence-corrected chi connectivity index (χ4v) is 2.21. The van der Waals surface area contributed by atoms with Gasteiger partial charge in [0.15, 0.2) is 0 Å². The highest BCUT2D eigenvalue weighted by atomic mass is 16.4. The minimum atomic E-state index is 0.274. The molecule has 16 heavy (non-hydrogen) atoms. The van der Waals surface area contributed by atoms with Crippen LogP contribution in [-0.4, -0.2) is 35.6 Å². The molecule has 1 N–H and O–H groups in total. The lowest BCUT2D eigenvalue weighted by Gasteiger charge is -2.26. The molecular weight excluding hydrogens is 202 g/mol. The van der Waals surface area contributed by atoms with Crippen molar-refractivity contribution in [2.45, 2.75) is 39.3 Å². The van der Waals surface area contributed by atoms with Gasteiger partial charge >= 0.3 is 0 Å². The standard InChI is InChI=1S/C12H21N3O/c1-9-8-15(6-4-5-13-9)11(3)12-14-7-10(2)16-12/h7,9,11,13H,4-6,8H2,1-3H3. The van der Waals surface area contributed by atoms with Gasteiger partial charge in [-0.2, -0.15) is 0 Å². The van der Waals surface area contributed by atoms with Crippen molar-refractivity contribution in [1.29, 1.82) is 0 Å². The maximum absolute atomic E-state index is 5.60. The van der Waals surface area contributed by atoms with Gasteiger partial charge in [-0.1, -0.05) is 0 Å². The van der Waals surface area contributed by atoms with Crippen LogP contribution >= 0.6 is 0 Å². The molecule has 1 aromatic heterocycles. The smallest absolute Gasteiger partial charge is 0.211 e. The van der Waals surface area contributed by atoms with Gasteiger partial charge in [0.25, 0.3) is 0 Å². The summed E-state index contributed by atoms with van der Waals surface area (Å²) >= 11 is 0. The van der Waals surface area contributed by atoms with E-state index in [9.17, 15) is 0 Å². The van der Waals surface area contributed by atoms with Gasteiger partial charge < -0.3 is 9.73 Å². The number of rotatable bonds is 2. The van der Waals surface area contributed by atoms with Gasteiger partial charge in [-0.3, -0.25) is 4.90 Å². The number of oxazole rings is 1. The number of hydrogen-bond acceptors (Lipinski definition) is 4. The molecule has 90 valence electrons. The van der Waals surface area contributed by atoms with Gasteiger partial charge in [-0.15, -0.1) is 0 Å². The maximum Gasteiger partial charge on any atom is 0.211 e. The van der Waals surface area contributed by atoms with Crippen molar-refractivity contribution in [1.82, 2.24) is 15.2 Å². The Kier molecular flexibility index (Phi) is 3.61. The molecule has 0 amide bonds. The highest BCUT2D eigenvalue weighted by Gasteiger charge is 2.23. The first-order valence-electron chi connectivity index (χ1n) is 6.06. The van der Waals surface area contributed by atoms with Crippen LogP contribution in [0.1, 0.15) is 38.0 Å². The fraction of sp³-hybridized carbons (Fsp3) is 0.750. The van der Waals surface area contributed by atoms with Crippen molar-refractivity contribution in [2.24, 2.45) is 0 Å². The van der Waals surface area contributed by atoms with E-state index in [1.54, 1.807) is 6.20 Å². The molecule has 1 fully saturated rings. The zero-order valence-electron chi connectivity index (χ0n) is 10.4. The molecule has 0 aliphatic carbocycles. The van der Waals surface area contributed by atoms with Crippen LogP contribution in [-0.2, 0) is 0 Å². The zero-order chi connectivity index (χ0) is 11.5. The summed E-state index contributed by atoms with van der Waals surface area (Å²) in [5, 5.41) is 3.49. The minimum Gasteiger partial charge on any atom is -0.444 e. The highest BCUT2D eigenvalue weighted by Crippen LogP contribution is 2.21. The lowest BCUT2D eigenvalue weighted by Crippen LogP contribution is -2.36. The molecule has 0 radical (unpaired) electrons. The number of nitrogens with one attached hydrogen (secondary N) is 1. The van der Waals surface area contributed by atoms with E-state index in [-0.39, 0.29) is 6.04 Å². The van der Waals surface area contributed by atoms with E-state index in [0.29, 0.717) is 6.04 Å². The van der Waals surface area contributed by atoms with Crippen LogP contribution in [0, 0.1) is 6.92 Å². The van der Waals surface area contributed by atoms with Crippen LogP contribution in [0.15, 0.2) is 10.6 Å². The molecule has 1 aliphatic rings. The first-order chi connectivity index (χ1) is 7.66. The van der Waals surface area contributed by atoms with Crippen molar-refractivity contribution in [3.63, 3.8) is 0 Å². The second kappa shape index (κ2) is 4.97. The van der Waals surface area contributed by atoms with E-state index in [1.807, 2.05) is 6.92 Å². The average Bonchev–Trinajstić information content (AvgIpc) is 2.56. The molecule has 1 saturated heterocycles. The van der Waals surface area contributed by atoms with Crippen LogP contribution in [0.25, 0.3) is 0 Å². The van der Waals surface area contributed by atoms with E-state index in [2.05, 4.69) is 29.0 Å². The third-order valence-corrected chi connectivity index (χ3v) is 3.17. The van der Waals surface area contributed by atoms with Crippen LogP contribution in [0.3, 0.4) is 0 Å². The molecule has 0 saturated carbocycles. The molecule has 0 aromatic carbocycles. The number of aromatic nitrogens is 1. The average molecular weight is 223 g/mol. The van der Waals surface area contributed by atoms with Crippen molar-refractivity contribution >= 4 is 0 Å². The number of nitrogens with zero attached hydrogens (tertiary/aromatic N) is 2. The molecule has 2 unspecified atom stereocenters. The first kappa shape index (κ1) is 11.6. The Bertz CT molecular complexity index is 337. The Hall–Kier alpha value is -0.870. The SMILES string of the molecule is Cc1cnc(C(C)N2CCCNC(C)C2)o1. The third-order valence-electron chi connectivity index (χ3n) is 3.17. The van der Waals surface area contributed by atoms with E-state index < -0.39 is 0 Å². The molecule has 1 aliphatic heterocycles. The number of hydrogen-bond donors (Lipinski definition) is 1. The molecule has 2 atom stereocenters. The lowest BCUT2D eigenvalue weighted by atomic mass is 10.2. The summed E-state index contributed by atoms with van der Waals surface area (Å²) in [6.07, 6.45) is 2.99. The van der Waals surface area contributed by atoms with Gasteiger partial charge in [-0.05, 0) is 33.7 Å². The Morgan fingerprint density at radius 3 is 3.12 bits per heavy atom. The van der Waals surface area contributed by atoms with E-state index >= 15 is 0 Å². The zero-order valence-corrected chi connectivity index (χ0v) is 10.4. The fourth-order valence-electron chi connectivity index (χ4n) is 2.21. The van der Waals surface area contributed by atoms with E-state index in [0.717, 1.165) is 31.3 Å². The summed E-state index contributed by atoms with van der Waals surface area (Å²) in [6.45, 7) is 9.61. The van der Waals surface area contributed by atoms with Crippen molar-refractivity contribution in [2.75, 3.05) is 19.6 Å². The predicted octanol–water partition coefficient (Wildman–Crippen LogP) is 1.73. The molecular formula is C12H21N3O. The largest absolute Gasteiger partial charge is 0.444 e. The Labute approximate surface area is 97.0 Å². The van der Waals surface area contributed by atoms with Crippen LogP contribution in [0.5, 0.6) is 0 Å². The van der Waals surface area contributed by atoms with Crippen molar-refractivity contribution < 1.29 is 4.42 Å². The Balaban J connectivity index is 2.05. The summed E-state index contributed by atoms with van der Waals surface area (Å²) in [4.78, 5) is 6.76. The van der Waals surface area contributed by atoms with Gasteiger partial charge in [0.2, 0.25) is 5.89 Å². The molecule has 2 rings (SSSR count). The molecule has 4 nitrogen and oxygen atoms in total. The Morgan fingerprint density at radius 1 is 1.62 bits per heavy atom. The van der Waals surface area contributed by atoms with Crippen molar-refractivity contribution in [3.8, 4) is 0 Å². The number of aryl methyl sites for hydroxylation is 1. The lowest BCUT2D eigenvalue weighted by molar-refractivity contribution is 0.181. The topological polar surface area (TPSA) is 41.3 Å². The first-order valence-corrected chi connectivity index (χ1v) is 6.06. The minimum absolute atomic E-state index is 0.274. The van der Waals surface area contributed by atoms with Crippen molar-refractivity contribution in [3.05, 3.63) is 17.8 Å². The van der Waals surface area contributed by atoms with Crippen LogP contribution in [0.4, 0.5) is 0 Å². The quantitative estimate of drug-likeness (QED) is 0.829. The van der Waals surface area contributed by atoms with Crippen LogP contribution < -0.4 is 5.32 Å². The predicted molar refractivity (Wildman–Crippen MR) is 63.3 cm³/mol. The summed E-state index contributed by atoms with van der Waals surface area (Å²) in [5.74, 6) is 1.73. The molecule has 0 spiro atoms. The molecule has 0 bridgehead atoms. The molecule has 2 heterocycles. The normalized spacial score (nSPS) is 25.3. The molecule has 4 heteroatoms.